The van der Waals surface area contributed by atoms with E-state index in [1.807, 2.05) is 13.8 Å². The van der Waals surface area contributed by atoms with Gasteiger partial charge >= 0.3 is 0 Å². The minimum Gasteiger partial charge on any atom is -0.367 e. The standard InChI is InChI=1S/C8H12N4O/c1-5(2)11-7-4-10-3-6(12-7)8(9)13/h3-5H,1-2H3,(H2,9,13)(H,11,12). The zero-order chi connectivity index (χ0) is 9.84. The van der Waals surface area contributed by atoms with Crippen molar-refractivity contribution in [2.24, 2.45) is 5.73 Å². The number of amides is 1. The number of nitrogens with zero attached hydrogens (tertiary/aromatic N) is 2. The molecule has 0 saturated heterocycles. The fourth-order valence-electron chi connectivity index (χ4n) is 0.850. The van der Waals surface area contributed by atoms with E-state index in [2.05, 4.69) is 15.3 Å². The summed E-state index contributed by atoms with van der Waals surface area (Å²) in [6.45, 7) is 3.94. The Kier molecular flexibility index (Phi) is 2.79. The summed E-state index contributed by atoms with van der Waals surface area (Å²) >= 11 is 0. The molecule has 0 aliphatic heterocycles. The van der Waals surface area contributed by atoms with Gasteiger partial charge in [-0.25, -0.2) is 4.98 Å². The smallest absolute Gasteiger partial charge is 0.268 e. The minimum atomic E-state index is -0.570. The van der Waals surface area contributed by atoms with E-state index >= 15 is 0 Å². The molecule has 5 nitrogen and oxygen atoms in total. The first-order valence-corrected chi connectivity index (χ1v) is 3.98. The van der Waals surface area contributed by atoms with Crippen LogP contribution < -0.4 is 11.1 Å². The Morgan fingerprint density at radius 3 is 2.77 bits per heavy atom. The molecule has 13 heavy (non-hydrogen) atoms. The average Bonchev–Trinajstić information content (AvgIpc) is 2.03. The second-order valence-electron chi connectivity index (χ2n) is 2.95. The van der Waals surface area contributed by atoms with Crippen molar-refractivity contribution in [3.8, 4) is 0 Å². The Balaban J connectivity index is 2.85. The van der Waals surface area contributed by atoms with Gasteiger partial charge in [-0.1, -0.05) is 0 Å². The number of rotatable bonds is 3. The highest BCUT2D eigenvalue weighted by Crippen LogP contribution is 2.02. The fourth-order valence-corrected chi connectivity index (χ4v) is 0.850. The van der Waals surface area contributed by atoms with Crippen LogP contribution in [0.1, 0.15) is 24.3 Å². The number of primary amides is 1. The summed E-state index contributed by atoms with van der Waals surface area (Å²) in [6, 6.07) is 0.248. The highest BCUT2D eigenvalue weighted by Gasteiger charge is 2.04. The van der Waals surface area contributed by atoms with Crippen LogP contribution in [0.25, 0.3) is 0 Å². The molecule has 1 rings (SSSR count). The zero-order valence-electron chi connectivity index (χ0n) is 7.61. The number of carbonyl (C=O) groups excluding carboxylic acids is 1. The lowest BCUT2D eigenvalue weighted by Crippen LogP contribution is -2.16. The highest BCUT2D eigenvalue weighted by molar-refractivity contribution is 5.90. The van der Waals surface area contributed by atoms with Crippen molar-refractivity contribution >= 4 is 11.7 Å². The van der Waals surface area contributed by atoms with E-state index in [0.29, 0.717) is 5.82 Å². The van der Waals surface area contributed by atoms with Crippen molar-refractivity contribution in [1.29, 1.82) is 0 Å². The maximum absolute atomic E-state index is 10.7. The van der Waals surface area contributed by atoms with E-state index in [1.165, 1.54) is 6.20 Å². The molecular weight excluding hydrogens is 168 g/mol. The van der Waals surface area contributed by atoms with Crippen molar-refractivity contribution in [2.75, 3.05) is 5.32 Å². The monoisotopic (exact) mass is 180 g/mol. The van der Waals surface area contributed by atoms with Gasteiger partial charge in [-0.15, -0.1) is 0 Å². The molecule has 0 atom stereocenters. The first-order chi connectivity index (χ1) is 6.09. The third-order valence-corrected chi connectivity index (χ3v) is 1.32. The number of hydrogen-bond acceptors (Lipinski definition) is 4. The van der Waals surface area contributed by atoms with Crippen LogP contribution in [0.5, 0.6) is 0 Å². The number of hydrogen-bond donors (Lipinski definition) is 2. The minimum absolute atomic E-state index is 0.172. The van der Waals surface area contributed by atoms with Crippen molar-refractivity contribution in [3.05, 3.63) is 18.1 Å². The third-order valence-electron chi connectivity index (χ3n) is 1.32. The normalized spacial score (nSPS) is 10.1. The molecule has 1 aromatic heterocycles. The Morgan fingerprint density at radius 1 is 1.54 bits per heavy atom. The number of nitrogens with one attached hydrogen (secondary N) is 1. The molecule has 0 aliphatic rings. The van der Waals surface area contributed by atoms with Gasteiger partial charge in [0, 0.05) is 6.04 Å². The second kappa shape index (κ2) is 3.84. The summed E-state index contributed by atoms with van der Waals surface area (Å²) in [4.78, 5) is 18.5. The molecule has 0 spiro atoms. The highest BCUT2D eigenvalue weighted by atomic mass is 16.1. The van der Waals surface area contributed by atoms with Crippen molar-refractivity contribution in [1.82, 2.24) is 9.97 Å². The van der Waals surface area contributed by atoms with E-state index in [1.54, 1.807) is 6.20 Å². The molecule has 5 heteroatoms. The zero-order valence-corrected chi connectivity index (χ0v) is 7.61. The largest absolute Gasteiger partial charge is 0.367 e. The van der Waals surface area contributed by atoms with Crippen LogP contribution in [-0.2, 0) is 0 Å². The lowest BCUT2D eigenvalue weighted by atomic mass is 10.4. The van der Waals surface area contributed by atoms with Gasteiger partial charge in [-0.3, -0.25) is 9.78 Å². The fraction of sp³-hybridized carbons (Fsp3) is 0.375. The molecule has 0 aromatic carbocycles. The number of anilines is 1. The van der Waals surface area contributed by atoms with Crippen LogP contribution in [0.15, 0.2) is 12.4 Å². The van der Waals surface area contributed by atoms with Crippen molar-refractivity contribution in [3.63, 3.8) is 0 Å². The molecule has 1 aromatic rings. The molecule has 0 bridgehead atoms. The van der Waals surface area contributed by atoms with Crippen LogP contribution >= 0.6 is 0 Å². The second-order valence-corrected chi connectivity index (χ2v) is 2.95. The van der Waals surface area contributed by atoms with Gasteiger partial charge in [0.15, 0.2) is 0 Å². The summed E-state index contributed by atoms with van der Waals surface area (Å²) in [6.07, 6.45) is 2.89. The quantitative estimate of drug-likeness (QED) is 0.705. The van der Waals surface area contributed by atoms with Gasteiger partial charge in [0.25, 0.3) is 5.91 Å². The molecule has 0 aliphatic carbocycles. The van der Waals surface area contributed by atoms with E-state index < -0.39 is 5.91 Å². The Hall–Kier alpha value is -1.65. The summed E-state index contributed by atoms with van der Waals surface area (Å²) in [7, 11) is 0. The molecular formula is C8H12N4O. The van der Waals surface area contributed by atoms with Gasteiger partial charge < -0.3 is 11.1 Å². The molecule has 1 heterocycles. The number of carbonyl (C=O) groups is 1. The van der Waals surface area contributed by atoms with Crippen LogP contribution in [0, 0.1) is 0 Å². The lowest BCUT2D eigenvalue weighted by molar-refractivity contribution is 0.0995. The van der Waals surface area contributed by atoms with Crippen molar-refractivity contribution in [2.45, 2.75) is 19.9 Å². The van der Waals surface area contributed by atoms with E-state index in [9.17, 15) is 4.79 Å². The number of nitrogens with two attached hydrogens (primary N) is 1. The first kappa shape index (κ1) is 9.44. The molecule has 0 saturated carbocycles. The summed E-state index contributed by atoms with van der Waals surface area (Å²) in [5.41, 5.74) is 5.22. The Labute approximate surface area is 76.4 Å². The van der Waals surface area contributed by atoms with Crippen LogP contribution in [0.4, 0.5) is 5.82 Å². The summed E-state index contributed by atoms with van der Waals surface area (Å²) in [5, 5.41) is 3.02. The van der Waals surface area contributed by atoms with Crippen LogP contribution in [0.2, 0.25) is 0 Å². The topological polar surface area (TPSA) is 80.9 Å². The molecule has 70 valence electrons. The predicted molar refractivity (Wildman–Crippen MR) is 49.3 cm³/mol. The maximum Gasteiger partial charge on any atom is 0.268 e. The molecule has 1 amide bonds. The van der Waals surface area contributed by atoms with Gasteiger partial charge in [-0.05, 0) is 13.8 Å². The summed E-state index contributed by atoms with van der Waals surface area (Å²) in [5.74, 6) is -0.00814. The van der Waals surface area contributed by atoms with Crippen LogP contribution in [0.3, 0.4) is 0 Å². The van der Waals surface area contributed by atoms with Gasteiger partial charge in [0.05, 0.1) is 12.4 Å². The lowest BCUT2D eigenvalue weighted by Gasteiger charge is -2.08. The average molecular weight is 180 g/mol. The SMILES string of the molecule is CC(C)Nc1cncc(C(N)=O)n1. The summed E-state index contributed by atoms with van der Waals surface area (Å²) < 4.78 is 0. The maximum atomic E-state index is 10.7. The predicted octanol–water partition coefficient (Wildman–Crippen LogP) is 0.396. The van der Waals surface area contributed by atoms with E-state index in [-0.39, 0.29) is 11.7 Å². The van der Waals surface area contributed by atoms with Crippen molar-refractivity contribution < 1.29 is 4.79 Å². The van der Waals surface area contributed by atoms with Gasteiger partial charge in [-0.2, -0.15) is 0 Å². The van der Waals surface area contributed by atoms with E-state index in [4.69, 9.17) is 5.73 Å². The van der Waals surface area contributed by atoms with E-state index in [0.717, 1.165) is 0 Å². The Bertz CT molecular complexity index is 311. The van der Waals surface area contributed by atoms with Gasteiger partial charge in [0.1, 0.15) is 11.5 Å². The molecule has 0 unspecified atom stereocenters. The number of aromatic nitrogens is 2. The Morgan fingerprint density at radius 2 is 2.23 bits per heavy atom. The third kappa shape index (κ3) is 2.70. The van der Waals surface area contributed by atoms with Gasteiger partial charge in [0.2, 0.25) is 0 Å². The molecule has 0 fully saturated rings. The van der Waals surface area contributed by atoms with Crippen LogP contribution in [-0.4, -0.2) is 21.9 Å². The first-order valence-electron chi connectivity index (χ1n) is 3.98. The molecule has 3 N–H and O–H groups in total. The molecule has 0 radical (unpaired) electrons.